The molecular weight excluding hydrogens is 330 g/mol. The number of hydrogen-bond acceptors (Lipinski definition) is 6. The molecule has 0 radical (unpaired) electrons. The van der Waals surface area contributed by atoms with Gasteiger partial charge >= 0.3 is 6.01 Å². The van der Waals surface area contributed by atoms with Gasteiger partial charge < -0.3 is 13.9 Å². The van der Waals surface area contributed by atoms with E-state index in [1.165, 1.54) is 0 Å². The lowest BCUT2D eigenvalue weighted by Gasteiger charge is -2.11. The molecule has 0 fully saturated rings. The first-order valence-corrected chi connectivity index (χ1v) is 8.84. The molecule has 3 rings (SSSR count). The molecule has 0 aliphatic rings. The van der Waals surface area contributed by atoms with Crippen LogP contribution in [-0.4, -0.2) is 24.4 Å². The number of rotatable bonds is 9. The maximum Gasteiger partial charge on any atom is 0.316 e. The highest BCUT2D eigenvalue weighted by Crippen LogP contribution is 2.24. The molecule has 6 heteroatoms. The molecule has 136 valence electrons. The van der Waals surface area contributed by atoms with Gasteiger partial charge in [0.25, 0.3) is 0 Å². The van der Waals surface area contributed by atoms with Crippen molar-refractivity contribution in [1.82, 2.24) is 4.98 Å². The minimum atomic E-state index is 0.348. The predicted molar refractivity (Wildman–Crippen MR) is 103 cm³/mol. The Morgan fingerprint density at radius 2 is 1.88 bits per heavy atom. The van der Waals surface area contributed by atoms with Crippen molar-refractivity contribution in [3.05, 3.63) is 48.0 Å². The SMILES string of the molecule is CCCOc1ccc(/C=N\Nc2nc3ccccc3o2)c(OCCC)c1. The zero-order chi connectivity index (χ0) is 18.2. The van der Waals surface area contributed by atoms with Gasteiger partial charge in [-0.1, -0.05) is 26.0 Å². The van der Waals surface area contributed by atoms with E-state index in [1.807, 2.05) is 42.5 Å². The van der Waals surface area contributed by atoms with Crippen LogP contribution in [0.1, 0.15) is 32.3 Å². The monoisotopic (exact) mass is 353 g/mol. The molecule has 1 aromatic heterocycles. The summed E-state index contributed by atoms with van der Waals surface area (Å²) in [6.45, 7) is 5.46. The van der Waals surface area contributed by atoms with Gasteiger partial charge in [0.05, 0.1) is 19.4 Å². The van der Waals surface area contributed by atoms with Crippen LogP contribution in [0.5, 0.6) is 11.5 Å². The third-order valence-electron chi connectivity index (χ3n) is 3.58. The molecule has 0 saturated heterocycles. The van der Waals surface area contributed by atoms with E-state index in [4.69, 9.17) is 13.9 Å². The molecule has 0 bridgehead atoms. The van der Waals surface area contributed by atoms with Crippen LogP contribution in [0.2, 0.25) is 0 Å². The fourth-order valence-electron chi connectivity index (χ4n) is 2.35. The first-order chi connectivity index (χ1) is 12.8. The third kappa shape index (κ3) is 4.53. The molecule has 0 aliphatic carbocycles. The Kier molecular flexibility index (Phi) is 6.09. The number of hydrogen-bond donors (Lipinski definition) is 1. The summed E-state index contributed by atoms with van der Waals surface area (Å²) in [7, 11) is 0. The summed E-state index contributed by atoms with van der Waals surface area (Å²) in [5.41, 5.74) is 5.18. The first-order valence-electron chi connectivity index (χ1n) is 8.84. The maximum absolute atomic E-state index is 5.82. The average molecular weight is 353 g/mol. The molecule has 6 nitrogen and oxygen atoms in total. The van der Waals surface area contributed by atoms with Crippen molar-refractivity contribution in [1.29, 1.82) is 0 Å². The van der Waals surface area contributed by atoms with Gasteiger partial charge in [-0.2, -0.15) is 10.1 Å². The summed E-state index contributed by atoms with van der Waals surface area (Å²) in [5, 5.41) is 4.22. The fraction of sp³-hybridized carbons (Fsp3) is 0.300. The number of para-hydroxylation sites is 2. The third-order valence-corrected chi connectivity index (χ3v) is 3.58. The van der Waals surface area contributed by atoms with Crippen molar-refractivity contribution in [2.24, 2.45) is 5.10 Å². The standard InChI is InChI=1S/C20H23N3O3/c1-3-11-24-16-10-9-15(19(13-16)25-12-4-2)14-21-23-20-22-17-7-5-6-8-18(17)26-20/h5-10,13-14H,3-4,11-12H2,1-2H3,(H,22,23)/b21-14-. The van der Waals surface area contributed by atoms with E-state index in [0.717, 1.165) is 41.0 Å². The van der Waals surface area contributed by atoms with Crippen molar-refractivity contribution in [3.63, 3.8) is 0 Å². The predicted octanol–water partition coefficient (Wildman–Crippen LogP) is 4.85. The summed E-state index contributed by atoms with van der Waals surface area (Å²) in [5.74, 6) is 1.53. The Morgan fingerprint density at radius 3 is 2.69 bits per heavy atom. The van der Waals surface area contributed by atoms with Crippen LogP contribution in [0.25, 0.3) is 11.1 Å². The Balaban J connectivity index is 1.72. The molecule has 0 atom stereocenters. The molecule has 2 aromatic carbocycles. The summed E-state index contributed by atoms with van der Waals surface area (Å²) < 4.78 is 17.1. The highest BCUT2D eigenvalue weighted by Gasteiger charge is 2.06. The van der Waals surface area contributed by atoms with Crippen LogP contribution in [0.15, 0.2) is 52.0 Å². The van der Waals surface area contributed by atoms with Gasteiger partial charge in [-0.3, -0.25) is 0 Å². The minimum absolute atomic E-state index is 0.348. The van der Waals surface area contributed by atoms with E-state index in [-0.39, 0.29) is 0 Å². The number of nitrogens with one attached hydrogen (secondary N) is 1. The second-order valence-electron chi connectivity index (χ2n) is 5.75. The van der Waals surface area contributed by atoms with E-state index in [2.05, 4.69) is 29.4 Å². The Hall–Kier alpha value is -3.02. The van der Waals surface area contributed by atoms with Crippen molar-refractivity contribution in [2.45, 2.75) is 26.7 Å². The topological polar surface area (TPSA) is 68.9 Å². The highest BCUT2D eigenvalue weighted by molar-refractivity contribution is 5.84. The van der Waals surface area contributed by atoms with E-state index in [9.17, 15) is 0 Å². The minimum Gasteiger partial charge on any atom is -0.493 e. The van der Waals surface area contributed by atoms with Gasteiger partial charge in [-0.05, 0) is 37.1 Å². The first kappa shape index (κ1) is 17.8. The van der Waals surface area contributed by atoms with Crippen molar-refractivity contribution in [3.8, 4) is 11.5 Å². The summed E-state index contributed by atoms with van der Waals surface area (Å²) in [4.78, 5) is 4.32. The highest BCUT2D eigenvalue weighted by atomic mass is 16.5. The number of fused-ring (bicyclic) bond motifs is 1. The Bertz CT molecular complexity index is 841. The Labute approximate surface area is 152 Å². The van der Waals surface area contributed by atoms with Gasteiger partial charge in [0.1, 0.15) is 17.0 Å². The molecule has 1 heterocycles. The van der Waals surface area contributed by atoms with Crippen LogP contribution in [0.3, 0.4) is 0 Å². The lowest BCUT2D eigenvalue weighted by Crippen LogP contribution is -2.01. The van der Waals surface area contributed by atoms with Gasteiger partial charge in [-0.15, -0.1) is 0 Å². The fourth-order valence-corrected chi connectivity index (χ4v) is 2.35. The smallest absolute Gasteiger partial charge is 0.316 e. The zero-order valence-electron chi connectivity index (χ0n) is 15.1. The van der Waals surface area contributed by atoms with Crippen LogP contribution in [-0.2, 0) is 0 Å². The van der Waals surface area contributed by atoms with Gasteiger partial charge in [-0.25, -0.2) is 5.43 Å². The number of ether oxygens (including phenoxy) is 2. The number of aromatic nitrogens is 1. The molecular formula is C20H23N3O3. The second-order valence-corrected chi connectivity index (χ2v) is 5.75. The number of benzene rings is 2. The summed E-state index contributed by atoms with van der Waals surface area (Å²) >= 11 is 0. The lowest BCUT2D eigenvalue weighted by molar-refractivity contribution is 0.301. The lowest BCUT2D eigenvalue weighted by atomic mass is 10.2. The number of anilines is 1. The van der Waals surface area contributed by atoms with Crippen LogP contribution < -0.4 is 14.9 Å². The van der Waals surface area contributed by atoms with Crippen molar-refractivity contribution in [2.75, 3.05) is 18.6 Å². The number of oxazole rings is 1. The molecule has 0 amide bonds. The van der Waals surface area contributed by atoms with Crippen LogP contribution >= 0.6 is 0 Å². The molecule has 0 spiro atoms. The summed E-state index contributed by atoms with van der Waals surface area (Å²) in [6.07, 6.45) is 3.57. The van der Waals surface area contributed by atoms with E-state index >= 15 is 0 Å². The summed E-state index contributed by atoms with van der Waals surface area (Å²) in [6, 6.07) is 13.6. The number of hydrazone groups is 1. The average Bonchev–Trinajstić information content (AvgIpc) is 3.08. The van der Waals surface area contributed by atoms with E-state index < -0.39 is 0 Å². The molecule has 1 N–H and O–H groups in total. The number of nitrogens with zero attached hydrogens (tertiary/aromatic N) is 2. The van der Waals surface area contributed by atoms with Gasteiger partial charge in [0.15, 0.2) is 5.58 Å². The molecule has 0 unspecified atom stereocenters. The second kappa shape index (κ2) is 8.89. The zero-order valence-corrected chi connectivity index (χ0v) is 15.1. The molecule has 0 saturated carbocycles. The molecule has 3 aromatic rings. The quantitative estimate of drug-likeness (QED) is 0.440. The van der Waals surface area contributed by atoms with Crippen molar-refractivity contribution >= 4 is 23.3 Å². The van der Waals surface area contributed by atoms with Crippen LogP contribution in [0, 0.1) is 0 Å². The van der Waals surface area contributed by atoms with Gasteiger partial charge in [0, 0.05) is 11.6 Å². The largest absolute Gasteiger partial charge is 0.493 e. The maximum atomic E-state index is 5.82. The molecule has 0 aliphatic heterocycles. The van der Waals surface area contributed by atoms with Gasteiger partial charge in [0.2, 0.25) is 0 Å². The van der Waals surface area contributed by atoms with E-state index in [1.54, 1.807) is 6.21 Å². The van der Waals surface area contributed by atoms with E-state index in [0.29, 0.717) is 19.2 Å². The van der Waals surface area contributed by atoms with Crippen LogP contribution in [0.4, 0.5) is 6.01 Å². The normalized spacial score (nSPS) is 11.2. The van der Waals surface area contributed by atoms with Crippen molar-refractivity contribution < 1.29 is 13.9 Å². The molecule has 26 heavy (non-hydrogen) atoms. The Morgan fingerprint density at radius 1 is 1.08 bits per heavy atom.